The second-order valence-electron chi connectivity index (χ2n) is 5.78. The fraction of sp³-hybridized carbons (Fsp3) is 0.235. The first kappa shape index (κ1) is 17.2. The Kier molecular flexibility index (Phi) is 4.65. The second-order valence-corrected chi connectivity index (χ2v) is 7.67. The van der Waals surface area contributed by atoms with Gasteiger partial charge < -0.3 is 15.5 Å². The number of nitrogens with zero attached hydrogens (tertiary/aromatic N) is 1. The molecule has 0 radical (unpaired) electrons. The van der Waals surface area contributed by atoms with Crippen LogP contribution in [-0.4, -0.2) is 41.4 Å². The van der Waals surface area contributed by atoms with Crippen LogP contribution in [0.4, 0.5) is 5.69 Å². The summed E-state index contributed by atoms with van der Waals surface area (Å²) in [6.45, 7) is 0.219. The van der Waals surface area contributed by atoms with Gasteiger partial charge in [-0.25, -0.2) is 8.42 Å². The number of carbonyl (C=O) groups is 1. The summed E-state index contributed by atoms with van der Waals surface area (Å²) in [7, 11) is -3.96. The minimum Gasteiger partial charge on any atom is -0.504 e. The van der Waals surface area contributed by atoms with Crippen LogP contribution < -0.4 is 5.32 Å². The van der Waals surface area contributed by atoms with Crippen molar-refractivity contribution in [1.29, 1.82) is 0 Å². The van der Waals surface area contributed by atoms with E-state index in [9.17, 15) is 23.4 Å². The summed E-state index contributed by atoms with van der Waals surface area (Å²) in [5, 5.41) is 21.6. The van der Waals surface area contributed by atoms with E-state index in [1.165, 1.54) is 6.07 Å². The van der Waals surface area contributed by atoms with Gasteiger partial charge in [0.1, 0.15) is 6.04 Å². The molecule has 3 N–H and O–H groups in total. The second kappa shape index (κ2) is 6.73. The molecule has 1 heterocycles. The molecule has 1 amide bonds. The smallest absolute Gasteiger partial charge is 0.243 e. The van der Waals surface area contributed by atoms with Crippen molar-refractivity contribution < 1.29 is 23.4 Å². The minimum absolute atomic E-state index is 0.165. The Hall–Kier alpha value is -2.58. The molecule has 25 heavy (non-hydrogen) atoms. The Morgan fingerprint density at radius 2 is 1.80 bits per heavy atom. The topological polar surface area (TPSA) is 107 Å². The zero-order valence-electron chi connectivity index (χ0n) is 13.3. The van der Waals surface area contributed by atoms with Crippen LogP contribution in [0.25, 0.3) is 0 Å². The summed E-state index contributed by atoms with van der Waals surface area (Å²) in [5.41, 5.74) is 0.596. The van der Waals surface area contributed by atoms with Crippen LogP contribution in [0.3, 0.4) is 0 Å². The molecule has 8 heteroatoms. The van der Waals surface area contributed by atoms with E-state index in [4.69, 9.17) is 0 Å². The van der Waals surface area contributed by atoms with Gasteiger partial charge in [-0.15, -0.1) is 0 Å². The molecule has 0 aliphatic carbocycles. The number of hydrogen-bond donors (Lipinski definition) is 3. The molecule has 3 rings (SSSR count). The number of rotatable bonds is 4. The van der Waals surface area contributed by atoms with E-state index in [-0.39, 0.29) is 11.4 Å². The van der Waals surface area contributed by atoms with Gasteiger partial charge in [-0.1, -0.05) is 18.2 Å². The minimum atomic E-state index is -3.96. The quantitative estimate of drug-likeness (QED) is 0.720. The van der Waals surface area contributed by atoms with Gasteiger partial charge in [0.25, 0.3) is 0 Å². The largest absolute Gasteiger partial charge is 0.504 e. The SMILES string of the molecule is O=C(Nc1ccccc1)C1CCCN1S(=O)(=O)c1ccc(O)c(O)c1. The van der Waals surface area contributed by atoms with Gasteiger partial charge in [-0.3, -0.25) is 4.79 Å². The molecule has 1 fully saturated rings. The summed E-state index contributed by atoms with van der Waals surface area (Å²) in [6, 6.07) is 11.3. The predicted molar refractivity (Wildman–Crippen MR) is 91.8 cm³/mol. The predicted octanol–water partition coefficient (Wildman–Crippen LogP) is 1.89. The van der Waals surface area contributed by atoms with E-state index >= 15 is 0 Å². The summed E-state index contributed by atoms with van der Waals surface area (Å²) in [5.74, 6) is -1.32. The van der Waals surface area contributed by atoms with Crippen molar-refractivity contribution in [2.24, 2.45) is 0 Å². The highest BCUT2D eigenvalue weighted by atomic mass is 32.2. The molecule has 0 aromatic heterocycles. The third-order valence-electron chi connectivity index (χ3n) is 4.10. The first-order valence-electron chi connectivity index (χ1n) is 7.79. The average molecular weight is 362 g/mol. The van der Waals surface area contributed by atoms with Crippen LogP contribution in [0, 0.1) is 0 Å². The maximum absolute atomic E-state index is 12.8. The van der Waals surface area contributed by atoms with Crippen molar-refractivity contribution in [3.05, 3.63) is 48.5 Å². The maximum Gasteiger partial charge on any atom is 0.243 e. The highest BCUT2D eigenvalue weighted by Gasteiger charge is 2.39. The Morgan fingerprint density at radius 1 is 1.08 bits per heavy atom. The Bertz CT molecular complexity index is 883. The third kappa shape index (κ3) is 3.45. The lowest BCUT2D eigenvalue weighted by molar-refractivity contribution is -0.119. The number of phenols is 2. The molecule has 1 atom stereocenters. The van der Waals surface area contributed by atoms with Gasteiger partial charge in [0.2, 0.25) is 15.9 Å². The molecule has 0 spiro atoms. The standard InChI is InChI=1S/C17H18N2O5S/c20-15-9-8-13(11-16(15)21)25(23,24)19-10-4-7-14(19)17(22)18-12-5-2-1-3-6-12/h1-3,5-6,8-9,11,14,20-21H,4,7,10H2,(H,18,22). The highest BCUT2D eigenvalue weighted by Crippen LogP contribution is 2.32. The number of sulfonamides is 1. The number of benzene rings is 2. The van der Waals surface area contributed by atoms with Crippen LogP contribution in [0.1, 0.15) is 12.8 Å². The van der Waals surface area contributed by atoms with Gasteiger partial charge in [0.05, 0.1) is 4.90 Å². The Balaban J connectivity index is 1.85. The van der Waals surface area contributed by atoms with Crippen LogP contribution in [0.15, 0.2) is 53.4 Å². The molecule has 1 unspecified atom stereocenters. The van der Waals surface area contributed by atoms with Crippen LogP contribution in [0.5, 0.6) is 11.5 Å². The number of phenolic OH excluding ortho intramolecular Hbond substituents is 2. The molecule has 2 aromatic carbocycles. The molecule has 1 saturated heterocycles. The molecule has 2 aromatic rings. The van der Waals surface area contributed by atoms with Gasteiger partial charge in [0, 0.05) is 18.3 Å². The third-order valence-corrected chi connectivity index (χ3v) is 6.01. The van der Waals surface area contributed by atoms with Crippen LogP contribution >= 0.6 is 0 Å². The zero-order chi connectivity index (χ0) is 18.0. The van der Waals surface area contributed by atoms with E-state index < -0.39 is 33.5 Å². The Morgan fingerprint density at radius 3 is 2.48 bits per heavy atom. The van der Waals surface area contributed by atoms with Crippen LogP contribution in [-0.2, 0) is 14.8 Å². The molecular weight excluding hydrogens is 344 g/mol. The molecule has 1 aliphatic rings. The fourth-order valence-electron chi connectivity index (χ4n) is 2.84. The number of amides is 1. The number of anilines is 1. The molecule has 132 valence electrons. The lowest BCUT2D eigenvalue weighted by Crippen LogP contribution is -2.43. The van der Waals surface area contributed by atoms with Gasteiger partial charge >= 0.3 is 0 Å². The lowest BCUT2D eigenvalue weighted by Gasteiger charge is -2.23. The molecular formula is C17H18N2O5S. The van der Waals surface area contributed by atoms with Gasteiger partial charge in [-0.2, -0.15) is 4.31 Å². The van der Waals surface area contributed by atoms with Crippen molar-refractivity contribution in [3.63, 3.8) is 0 Å². The zero-order valence-corrected chi connectivity index (χ0v) is 14.1. The molecule has 1 aliphatic heterocycles. The van der Waals surface area contributed by atoms with Gasteiger partial charge in [0.15, 0.2) is 11.5 Å². The van der Waals surface area contributed by atoms with Crippen molar-refractivity contribution in [3.8, 4) is 11.5 Å². The van der Waals surface area contributed by atoms with Crippen molar-refractivity contribution in [1.82, 2.24) is 4.31 Å². The average Bonchev–Trinajstić information content (AvgIpc) is 3.09. The van der Waals surface area contributed by atoms with Gasteiger partial charge in [-0.05, 0) is 37.1 Å². The van der Waals surface area contributed by atoms with E-state index in [1.54, 1.807) is 24.3 Å². The van der Waals surface area contributed by atoms with Crippen molar-refractivity contribution >= 4 is 21.6 Å². The number of carbonyl (C=O) groups excluding carboxylic acids is 1. The van der Waals surface area contributed by atoms with Crippen LogP contribution in [0.2, 0.25) is 0 Å². The molecule has 0 bridgehead atoms. The normalized spacial score (nSPS) is 18.2. The summed E-state index contributed by atoms with van der Waals surface area (Å²) in [6.07, 6.45) is 0.984. The number of nitrogens with one attached hydrogen (secondary N) is 1. The maximum atomic E-state index is 12.8. The van der Waals surface area contributed by atoms with E-state index in [0.29, 0.717) is 18.5 Å². The van der Waals surface area contributed by atoms with Crippen molar-refractivity contribution in [2.45, 2.75) is 23.8 Å². The summed E-state index contributed by atoms with van der Waals surface area (Å²) in [4.78, 5) is 12.4. The fourth-order valence-corrected chi connectivity index (χ4v) is 4.51. The highest BCUT2D eigenvalue weighted by molar-refractivity contribution is 7.89. The first-order chi connectivity index (χ1) is 11.9. The molecule has 0 saturated carbocycles. The monoisotopic (exact) mass is 362 g/mol. The van der Waals surface area contributed by atoms with E-state index in [2.05, 4.69) is 5.32 Å². The number of hydrogen-bond acceptors (Lipinski definition) is 5. The number of para-hydroxylation sites is 1. The first-order valence-corrected chi connectivity index (χ1v) is 9.23. The lowest BCUT2D eigenvalue weighted by atomic mass is 10.2. The Labute approximate surface area is 145 Å². The van der Waals surface area contributed by atoms with E-state index in [0.717, 1.165) is 16.4 Å². The summed E-state index contributed by atoms with van der Waals surface area (Å²) < 4.78 is 26.8. The number of aromatic hydroxyl groups is 2. The van der Waals surface area contributed by atoms with Crippen molar-refractivity contribution in [2.75, 3.05) is 11.9 Å². The van der Waals surface area contributed by atoms with E-state index in [1.807, 2.05) is 6.07 Å². The summed E-state index contributed by atoms with van der Waals surface area (Å²) >= 11 is 0. The molecule has 7 nitrogen and oxygen atoms in total.